The number of rotatable bonds is 1. The van der Waals surface area contributed by atoms with Crippen molar-refractivity contribution in [2.45, 2.75) is 25.9 Å². The van der Waals surface area contributed by atoms with Gasteiger partial charge in [0.1, 0.15) is 5.69 Å². The largest absolute Gasteiger partial charge is 0.395 e. The van der Waals surface area contributed by atoms with Crippen LogP contribution in [0.15, 0.2) is 0 Å². The molecule has 8 heteroatoms. The highest BCUT2D eigenvalue weighted by atomic mass is 19.4. The lowest BCUT2D eigenvalue weighted by Crippen LogP contribution is -2.45. The van der Waals surface area contributed by atoms with E-state index >= 15 is 0 Å². The molecular formula is C12H17F3N4O. The Morgan fingerprint density at radius 3 is 2.60 bits per heavy atom. The first kappa shape index (κ1) is 14.7. The Morgan fingerprint density at radius 1 is 1.45 bits per heavy atom. The minimum Gasteiger partial charge on any atom is -0.395 e. The standard InChI is InChI=1S/C12H17F3N4O/c1-7-9(16)10(18(2)17-7)11(20)19-5-3-4-8(6-19)12(13,14)15/h8H,3-6,16H2,1-2H3. The molecule has 0 spiro atoms. The zero-order valence-electron chi connectivity index (χ0n) is 11.4. The van der Waals surface area contributed by atoms with Crippen LogP contribution < -0.4 is 5.73 Å². The molecule has 0 radical (unpaired) electrons. The molecule has 1 unspecified atom stereocenters. The lowest BCUT2D eigenvalue weighted by atomic mass is 9.97. The maximum absolute atomic E-state index is 12.8. The number of halogens is 3. The van der Waals surface area contributed by atoms with E-state index in [0.29, 0.717) is 18.7 Å². The number of piperidine rings is 1. The van der Waals surface area contributed by atoms with Gasteiger partial charge in [-0.15, -0.1) is 0 Å². The van der Waals surface area contributed by atoms with Gasteiger partial charge in [0.15, 0.2) is 0 Å². The van der Waals surface area contributed by atoms with Crippen LogP contribution in [0.3, 0.4) is 0 Å². The normalized spacial score (nSPS) is 20.2. The second-order valence-electron chi connectivity index (χ2n) is 5.10. The minimum atomic E-state index is -4.27. The molecule has 2 N–H and O–H groups in total. The van der Waals surface area contributed by atoms with Crippen LogP contribution in [-0.2, 0) is 7.05 Å². The van der Waals surface area contributed by atoms with Gasteiger partial charge in [0.2, 0.25) is 0 Å². The molecule has 1 aliphatic heterocycles. The molecule has 1 aromatic rings. The highest BCUT2D eigenvalue weighted by Crippen LogP contribution is 2.33. The van der Waals surface area contributed by atoms with Gasteiger partial charge in [-0.2, -0.15) is 18.3 Å². The molecule has 1 aliphatic rings. The van der Waals surface area contributed by atoms with Crippen molar-refractivity contribution in [1.29, 1.82) is 0 Å². The Bertz CT molecular complexity index is 524. The predicted octanol–water partition coefficient (Wildman–Crippen LogP) is 1.73. The molecule has 1 amide bonds. The summed E-state index contributed by atoms with van der Waals surface area (Å²) in [6.45, 7) is 1.65. The second-order valence-corrected chi connectivity index (χ2v) is 5.10. The van der Waals surface area contributed by atoms with E-state index in [9.17, 15) is 18.0 Å². The van der Waals surface area contributed by atoms with Gasteiger partial charge in [0.05, 0.1) is 17.3 Å². The van der Waals surface area contributed by atoms with Gasteiger partial charge in [-0.25, -0.2) is 0 Å². The summed E-state index contributed by atoms with van der Waals surface area (Å²) < 4.78 is 39.6. The number of nitrogen functional groups attached to an aromatic ring is 1. The number of carbonyl (C=O) groups excluding carboxylic acids is 1. The fraction of sp³-hybridized carbons (Fsp3) is 0.667. The van der Waals surface area contributed by atoms with Crippen LogP contribution in [-0.4, -0.2) is 39.9 Å². The number of likely N-dealkylation sites (tertiary alicyclic amines) is 1. The fourth-order valence-electron chi connectivity index (χ4n) is 2.51. The van der Waals surface area contributed by atoms with E-state index in [1.54, 1.807) is 14.0 Å². The van der Waals surface area contributed by atoms with Crippen LogP contribution >= 0.6 is 0 Å². The summed E-state index contributed by atoms with van der Waals surface area (Å²) >= 11 is 0. The summed E-state index contributed by atoms with van der Waals surface area (Å²) in [7, 11) is 1.56. The number of aryl methyl sites for hydroxylation is 2. The van der Waals surface area contributed by atoms with E-state index in [1.165, 1.54) is 9.58 Å². The maximum Gasteiger partial charge on any atom is 0.393 e. The Balaban J connectivity index is 2.21. The number of alkyl halides is 3. The third-order valence-corrected chi connectivity index (χ3v) is 3.64. The van der Waals surface area contributed by atoms with Crippen molar-refractivity contribution < 1.29 is 18.0 Å². The van der Waals surface area contributed by atoms with Crippen LogP contribution in [0.25, 0.3) is 0 Å². The van der Waals surface area contributed by atoms with Gasteiger partial charge in [0, 0.05) is 20.1 Å². The molecule has 0 aromatic carbocycles. The van der Waals surface area contributed by atoms with Gasteiger partial charge in [-0.1, -0.05) is 0 Å². The van der Waals surface area contributed by atoms with E-state index in [2.05, 4.69) is 5.10 Å². The van der Waals surface area contributed by atoms with E-state index in [1.807, 2.05) is 0 Å². The van der Waals surface area contributed by atoms with E-state index in [-0.39, 0.29) is 24.3 Å². The summed E-state index contributed by atoms with van der Waals surface area (Å²) in [4.78, 5) is 13.6. The van der Waals surface area contributed by atoms with Crippen LogP contribution in [0.1, 0.15) is 29.0 Å². The van der Waals surface area contributed by atoms with E-state index in [4.69, 9.17) is 5.73 Å². The maximum atomic E-state index is 12.8. The van der Waals surface area contributed by atoms with Gasteiger partial charge in [-0.3, -0.25) is 9.48 Å². The molecule has 1 aromatic heterocycles. The van der Waals surface area contributed by atoms with Crippen molar-refractivity contribution in [1.82, 2.24) is 14.7 Å². The van der Waals surface area contributed by atoms with Gasteiger partial charge < -0.3 is 10.6 Å². The highest BCUT2D eigenvalue weighted by molar-refractivity contribution is 5.98. The van der Waals surface area contributed by atoms with Gasteiger partial charge in [-0.05, 0) is 19.8 Å². The Kier molecular flexibility index (Phi) is 3.66. The first-order valence-electron chi connectivity index (χ1n) is 6.37. The summed E-state index contributed by atoms with van der Waals surface area (Å²) in [5, 5.41) is 4.02. The summed E-state index contributed by atoms with van der Waals surface area (Å²) in [5.74, 6) is -1.95. The number of aromatic nitrogens is 2. The number of hydrogen-bond donors (Lipinski definition) is 1. The first-order valence-corrected chi connectivity index (χ1v) is 6.37. The third kappa shape index (κ3) is 2.59. The molecule has 2 heterocycles. The smallest absolute Gasteiger partial charge is 0.393 e. The molecule has 0 saturated carbocycles. The van der Waals surface area contributed by atoms with E-state index in [0.717, 1.165) is 0 Å². The minimum absolute atomic E-state index is 0.0627. The number of hydrogen-bond acceptors (Lipinski definition) is 3. The number of anilines is 1. The number of carbonyl (C=O) groups is 1. The zero-order chi connectivity index (χ0) is 15.1. The summed E-state index contributed by atoms with van der Waals surface area (Å²) in [6.07, 6.45) is -3.87. The molecule has 1 fully saturated rings. The SMILES string of the molecule is Cc1nn(C)c(C(=O)N2CCCC(C(F)(F)F)C2)c1N. The van der Waals surface area contributed by atoms with Crippen molar-refractivity contribution in [2.75, 3.05) is 18.8 Å². The molecule has 0 bridgehead atoms. The van der Waals surface area contributed by atoms with Crippen LogP contribution in [0.2, 0.25) is 0 Å². The van der Waals surface area contributed by atoms with Crippen LogP contribution in [0, 0.1) is 12.8 Å². The predicted molar refractivity (Wildman–Crippen MR) is 67.0 cm³/mol. The number of amides is 1. The van der Waals surface area contributed by atoms with Crippen molar-refractivity contribution in [2.24, 2.45) is 13.0 Å². The highest BCUT2D eigenvalue weighted by Gasteiger charge is 2.43. The van der Waals surface area contributed by atoms with Crippen LogP contribution in [0.4, 0.5) is 18.9 Å². The molecule has 2 rings (SSSR count). The van der Waals surface area contributed by atoms with Crippen molar-refractivity contribution in [3.63, 3.8) is 0 Å². The molecule has 1 saturated heterocycles. The molecule has 112 valence electrons. The Labute approximate surface area is 114 Å². The fourth-order valence-corrected chi connectivity index (χ4v) is 2.51. The number of nitrogens with zero attached hydrogens (tertiary/aromatic N) is 3. The molecule has 5 nitrogen and oxygen atoms in total. The number of nitrogens with two attached hydrogens (primary N) is 1. The van der Waals surface area contributed by atoms with Gasteiger partial charge in [0.25, 0.3) is 5.91 Å². The second kappa shape index (κ2) is 4.99. The molecule has 20 heavy (non-hydrogen) atoms. The molecular weight excluding hydrogens is 273 g/mol. The lowest BCUT2D eigenvalue weighted by molar-refractivity contribution is -0.184. The van der Waals surface area contributed by atoms with Crippen molar-refractivity contribution in [3.05, 3.63) is 11.4 Å². The average Bonchev–Trinajstić information content (AvgIpc) is 2.62. The van der Waals surface area contributed by atoms with Crippen LogP contribution in [0.5, 0.6) is 0 Å². The first-order chi connectivity index (χ1) is 9.21. The average molecular weight is 290 g/mol. The van der Waals surface area contributed by atoms with Crippen molar-refractivity contribution >= 4 is 11.6 Å². The lowest BCUT2D eigenvalue weighted by Gasteiger charge is -2.33. The Hall–Kier alpha value is -1.73. The summed E-state index contributed by atoms with van der Waals surface area (Å²) in [6, 6.07) is 0. The zero-order valence-corrected chi connectivity index (χ0v) is 11.4. The monoisotopic (exact) mass is 290 g/mol. The molecule has 0 aliphatic carbocycles. The summed E-state index contributed by atoms with van der Waals surface area (Å²) in [5.41, 5.74) is 6.66. The Morgan fingerprint density at radius 2 is 2.10 bits per heavy atom. The van der Waals surface area contributed by atoms with Gasteiger partial charge >= 0.3 is 6.18 Å². The van der Waals surface area contributed by atoms with Crippen molar-refractivity contribution in [3.8, 4) is 0 Å². The van der Waals surface area contributed by atoms with E-state index < -0.39 is 18.0 Å². The quantitative estimate of drug-likeness (QED) is 0.856. The topological polar surface area (TPSA) is 64.2 Å². The third-order valence-electron chi connectivity index (χ3n) is 3.64. The molecule has 1 atom stereocenters.